The number of rotatable bonds is 8. The second kappa shape index (κ2) is 11.3. The van der Waals surface area contributed by atoms with Crippen LogP contribution in [0.5, 0.6) is 0 Å². The number of benzene rings is 2. The van der Waals surface area contributed by atoms with Gasteiger partial charge < -0.3 is 0 Å². The van der Waals surface area contributed by atoms with E-state index in [1.807, 2.05) is 26.0 Å². The predicted octanol–water partition coefficient (Wildman–Crippen LogP) is 6.22. The number of aryl methyl sites for hydroxylation is 2. The molecule has 9 heteroatoms. The molecule has 0 bridgehead atoms. The highest BCUT2D eigenvalue weighted by molar-refractivity contribution is 8.14. The van der Waals surface area contributed by atoms with Crippen LogP contribution in [0.1, 0.15) is 98.3 Å². The molecule has 0 amide bonds. The van der Waals surface area contributed by atoms with Gasteiger partial charge in [-0.2, -0.15) is 0 Å². The Morgan fingerprint density at radius 1 is 0.629 bits per heavy atom. The largest absolute Gasteiger partial charge is 0.251 e. The van der Waals surface area contributed by atoms with Gasteiger partial charge >= 0.3 is 0 Å². The topological polar surface area (TPSA) is 92.3 Å². The van der Waals surface area contributed by atoms with E-state index < -0.39 is 20.0 Å². The van der Waals surface area contributed by atoms with Crippen molar-refractivity contribution in [1.82, 2.24) is 8.25 Å². The maximum absolute atomic E-state index is 13.2. The van der Waals surface area contributed by atoms with E-state index in [-0.39, 0.29) is 21.6 Å². The molecule has 2 aliphatic rings. The SMILES string of the molecule is Cc1ccc(S(=O)(=O)NSNS(=O)(=O)c2ccc(C)cc2C2CCCCC2)c(C2CCCCC2)c1. The summed E-state index contributed by atoms with van der Waals surface area (Å²) < 4.78 is 57.7. The van der Waals surface area contributed by atoms with Gasteiger partial charge in [0.1, 0.15) is 0 Å². The van der Waals surface area contributed by atoms with Crippen molar-refractivity contribution >= 4 is 32.2 Å². The Bertz CT molecular complexity index is 1150. The Labute approximate surface area is 215 Å². The maximum atomic E-state index is 13.2. The second-order valence-corrected chi connectivity index (χ2v) is 14.5. The summed E-state index contributed by atoms with van der Waals surface area (Å²) in [7, 11) is -7.83. The van der Waals surface area contributed by atoms with Gasteiger partial charge in [-0.15, -0.1) is 8.25 Å². The molecule has 0 saturated heterocycles. The van der Waals surface area contributed by atoms with Crippen LogP contribution in [-0.4, -0.2) is 16.8 Å². The molecule has 6 nitrogen and oxygen atoms in total. The Hall–Kier alpha value is -1.39. The van der Waals surface area contributed by atoms with Gasteiger partial charge in [0.05, 0.1) is 9.79 Å². The Morgan fingerprint density at radius 2 is 1.00 bits per heavy atom. The van der Waals surface area contributed by atoms with Gasteiger partial charge in [0.15, 0.2) is 0 Å². The van der Waals surface area contributed by atoms with Gasteiger partial charge in [-0.3, -0.25) is 0 Å². The van der Waals surface area contributed by atoms with Crippen LogP contribution in [0.3, 0.4) is 0 Å². The molecular weight excluding hydrogens is 500 g/mol. The van der Waals surface area contributed by atoms with Crippen LogP contribution in [0, 0.1) is 13.8 Å². The second-order valence-electron chi connectivity index (χ2n) is 10.0. The molecule has 2 aromatic carbocycles. The molecule has 0 unspecified atom stereocenters. The fraction of sp³-hybridized carbons (Fsp3) is 0.538. The normalized spacial score (nSPS) is 18.6. The van der Waals surface area contributed by atoms with Crippen molar-refractivity contribution in [2.45, 2.75) is 99.7 Å². The molecule has 2 aromatic rings. The third kappa shape index (κ3) is 6.49. The molecule has 4 rings (SSSR count). The van der Waals surface area contributed by atoms with Gasteiger partial charge in [0.25, 0.3) is 20.0 Å². The zero-order valence-electron chi connectivity index (χ0n) is 20.5. The van der Waals surface area contributed by atoms with E-state index in [9.17, 15) is 16.8 Å². The Balaban J connectivity index is 1.51. The molecule has 2 fully saturated rings. The van der Waals surface area contributed by atoms with Crippen molar-refractivity contribution < 1.29 is 16.8 Å². The van der Waals surface area contributed by atoms with Crippen LogP contribution in [0.15, 0.2) is 46.2 Å². The number of hydrogen-bond donors (Lipinski definition) is 2. The summed E-state index contributed by atoms with van der Waals surface area (Å²) in [6.07, 6.45) is 10.7. The summed E-state index contributed by atoms with van der Waals surface area (Å²) in [4.78, 5) is 0.472. The summed E-state index contributed by atoms with van der Waals surface area (Å²) in [5.41, 5.74) is 3.71. The van der Waals surface area contributed by atoms with Gasteiger partial charge in [-0.05, 0) is 74.6 Å². The third-order valence-electron chi connectivity index (χ3n) is 7.30. The smallest absolute Gasteiger partial charge is 0.206 e. The number of nitrogens with one attached hydrogen (secondary N) is 2. The zero-order valence-corrected chi connectivity index (χ0v) is 23.0. The van der Waals surface area contributed by atoms with Gasteiger partial charge in [-0.25, -0.2) is 16.8 Å². The van der Waals surface area contributed by atoms with Gasteiger partial charge in [0, 0.05) is 12.1 Å². The fourth-order valence-corrected chi connectivity index (χ4v) is 9.11. The van der Waals surface area contributed by atoms with Crippen molar-refractivity contribution in [3.63, 3.8) is 0 Å². The quantitative estimate of drug-likeness (QED) is 0.391. The van der Waals surface area contributed by atoms with E-state index in [1.54, 1.807) is 24.3 Å². The van der Waals surface area contributed by atoms with E-state index in [4.69, 9.17) is 0 Å². The zero-order chi connectivity index (χ0) is 25.1. The summed E-state index contributed by atoms with van der Waals surface area (Å²) in [6.45, 7) is 3.93. The first kappa shape index (κ1) is 26.7. The van der Waals surface area contributed by atoms with Crippen molar-refractivity contribution in [2.75, 3.05) is 0 Å². The summed E-state index contributed by atoms with van der Waals surface area (Å²) in [5, 5.41) is 0. The van der Waals surface area contributed by atoms with Crippen molar-refractivity contribution in [3.8, 4) is 0 Å². The minimum atomic E-state index is -3.91. The monoisotopic (exact) mass is 536 g/mol. The Kier molecular flexibility index (Phi) is 8.64. The predicted molar refractivity (Wildman–Crippen MR) is 142 cm³/mol. The van der Waals surface area contributed by atoms with E-state index in [0.29, 0.717) is 12.1 Å². The molecule has 192 valence electrons. The standard InChI is InChI=1S/C26H36N2O4S3/c1-19-13-15-25(23(17-19)21-9-5-3-6-10-21)34(29,30)27-33-28-35(31,32)26-16-14-20(2)18-24(26)22-11-7-4-8-12-22/h13-18,21-22,27-28H,3-12H2,1-2H3. The first-order valence-electron chi connectivity index (χ1n) is 12.6. The van der Waals surface area contributed by atoms with Gasteiger partial charge in [-0.1, -0.05) is 73.9 Å². The van der Waals surface area contributed by atoms with Crippen LogP contribution in [0.2, 0.25) is 0 Å². The third-order valence-corrected chi connectivity index (χ3v) is 11.6. The van der Waals surface area contributed by atoms with E-state index in [2.05, 4.69) is 8.25 Å². The molecule has 0 radical (unpaired) electrons. The van der Waals surface area contributed by atoms with E-state index in [0.717, 1.165) is 73.6 Å². The molecule has 2 saturated carbocycles. The fourth-order valence-electron chi connectivity index (χ4n) is 5.51. The number of sulfonamides is 2. The molecule has 0 aliphatic heterocycles. The van der Waals surface area contributed by atoms with Crippen LogP contribution < -0.4 is 8.25 Å². The molecule has 0 aromatic heterocycles. The summed E-state index contributed by atoms with van der Waals surface area (Å²) in [6, 6.07) is 10.8. The highest BCUT2D eigenvalue weighted by Crippen LogP contribution is 2.38. The first-order valence-corrected chi connectivity index (χ1v) is 16.4. The van der Waals surface area contributed by atoms with Crippen LogP contribution in [0.25, 0.3) is 0 Å². The summed E-state index contributed by atoms with van der Waals surface area (Å²) in [5.74, 6) is 0.421. The molecule has 2 N–H and O–H groups in total. The van der Waals surface area contributed by atoms with Crippen molar-refractivity contribution in [1.29, 1.82) is 0 Å². The van der Waals surface area contributed by atoms with Crippen molar-refractivity contribution in [3.05, 3.63) is 58.7 Å². The maximum Gasteiger partial charge on any atom is 0.251 e. The van der Waals surface area contributed by atoms with Crippen LogP contribution in [0.4, 0.5) is 0 Å². The lowest BCUT2D eigenvalue weighted by Crippen LogP contribution is -2.27. The van der Waals surface area contributed by atoms with E-state index >= 15 is 0 Å². The average Bonchev–Trinajstić information content (AvgIpc) is 2.84. The van der Waals surface area contributed by atoms with E-state index in [1.165, 1.54) is 12.8 Å². The van der Waals surface area contributed by atoms with Crippen LogP contribution >= 0.6 is 12.1 Å². The lowest BCUT2D eigenvalue weighted by atomic mass is 9.83. The lowest BCUT2D eigenvalue weighted by molar-refractivity contribution is 0.438. The molecule has 35 heavy (non-hydrogen) atoms. The minimum Gasteiger partial charge on any atom is -0.206 e. The lowest BCUT2D eigenvalue weighted by Gasteiger charge is -2.25. The Morgan fingerprint density at radius 3 is 1.37 bits per heavy atom. The molecule has 0 spiro atoms. The highest BCUT2D eigenvalue weighted by Gasteiger charge is 2.28. The van der Waals surface area contributed by atoms with Crippen LogP contribution in [-0.2, 0) is 20.0 Å². The molecular formula is C26H36N2O4S3. The summed E-state index contributed by atoms with van der Waals surface area (Å²) >= 11 is 0.500. The molecule has 2 aliphatic carbocycles. The average molecular weight is 537 g/mol. The highest BCUT2D eigenvalue weighted by atomic mass is 32.3. The molecule has 0 heterocycles. The molecule has 0 atom stereocenters. The first-order chi connectivity index (χ1) is 16.7. The van der Waals surface area contributed by atoms with Crippen molar-refractivity contribution in [2.24, 2.45) is 0 Å². The number of hydrogen-bond acceptors (Lipinski definition) is 5. The minimum absolute atomic E-state index is 0.211. The van der Waals surface area contributed by atoms with Gasteiger partial charge in [0.2, 0.25) is 0 Å².